The largest absolute Gasteiger partial charge is 0.311 e. The fourth-order valence-corrected chi connectivity index (χ4v) is 9.40. The van der Waals surface area contributed by atoms with Gasteiger partial charge in [-0.1, -0.05) is 170 Å². The van der Waals surface area contributed by atoms with E-state index in [2.05, 4.69) is 240 Å². The van der Waals surface area contributed by atoms with Crippen molar-refractivity contribution in [2.45, 2.75) is 5.41 Å². The summed E-state index contributed by atoms with van der Waals surface area (Å²) in [6.45, 7) is 0. The Labute approximate surface area is 333 Å². The Morgan fingerprint density at radius 1 is 0.316 bits per heavy atom. The molecule has 57 heavy (non-hydrogen) atoms. The highest BCUT2D eigenvalue weighted by Gasteiger charge is 2.45. The van der Waals surface area contributed by atoms with Crippen molar-refractivity contribution in [3.8, 4) is 27.9 Å². The standard InChI is InChI=1S/C55H38N2/c1-3-15-39(16-4-1)40-27-31-43(32-28-40)56(45-35-37-46(38-36-45)57-53-25-13-9-21-49(53)50-22-10-14-26-54(50)57)44-33-29-42(30-34-44)55(41-17-5-2-6-18-41)51-23-11-7-19-47(51)48-20-8-12-24-52(48)55/h1-38H. The monoisotopic (exact) mass is 726 g/mol. The summed E-state index contributed by atoms with van der Waals surface area (Å²) >= 11 is 0. The Morgan fingerprint density at radius 2 is 0.719 bits per heavy atom. The van der Waals surface area contributed by atoms with Crippen LogP contribution in [-0.2, 0) is 5.41 Å². The van der Waals surface area contributed by atoms with Gasteiger partial charge in [0.1, 0.15) is 0 Å². The molecule has 0 aliphatic heterocycles. The van der Waals surface area contributed by atoms with Gasteiger partial charge in [-0.15, -0.1) is 0 Å². The molecule has 0 radical (unpaired) electrons. The average molecular weight is 727 g/mol. The first-order valence-electron chi connectivity index (χ1n) is 19.7. The summed E-state index contributed by atoms with van der Waals surface area (Å²) < 4.78 is 2.38. The van der Waals surface area contributed by atoms with Gasteiger partial charge in [0.2, 0.25) is 0 Å². The Balaban J connectivity index is 1.06. The number of hydrogen-bond donors (Lipinski definition) is 0. The maximum absolute atomic E-state index is 2.38. The zero-order valence-corrected chi connectivity index (χ0v) is 31.3. The van der Waals surface area contributed by atoms with E-state index in [1.807, 2.05) is 0 Å². The van der Waals surface area contributed by atoms with Crippen LogP contribution in [0.3, 0.4) is 0 Å². The quantitative estimate of drug-likeness (QED) is 0.159. The minimum absolute atomic E-state index is 0.445. The van der Waals surface area contributed by atoms with Gasteiger partial charge in [0.05, 0.1) is 16.4 Å². The van der Waals surface area contributed by atoms with E-state index in [-0.39, 0.29) is 0 Å². The van der Waals surface area contributed by atoms with Crippen LogP contribution in [0.1, 0.15) is 22.3 Å². The summed E-state index contributed by atoms with van der Waals surface area (Å²) in [7, 11) is 0. The molecule has 0 fully saturated rings. The van der Waals surface area contributed by atoms with E-state index < -0.39 is 5.41 Å². The highest BCUT2D eigenvalue weighted by Crippen LogP contribution is 2.56. The molecule has 1 aliphatic rings. The van der Waals surface area contributed by atoms with Crippen LogP contribution >= 0.6 is 0 Å². The van der Waals surface area contributed by atoms with Gasteiger partial charge >= 0.3 is 0 Å². The maximum Gasteiger partial charge on any atom is 0.0713 e. The van der Waals surface area contributed by atoms with E-state index in [4.69, 9.17) is 0 Å². The summed E-state index contributed by atoms with van der Waals surface area (Å²) in [5.41, 5.74) is 16.5. The number of hydrogen-bond acceptors (Lipinski definition) is 1. The van der Waals surface area contributed by atoms with Crippen LogP contribution in [0.15, 0.2) is 231 Å². The fraction of sp³-hybridized carbons (Fsp3) is 0.0182. The number of para-hydroxylation sites is 2. The van der Waals surface area contributed by atoms with Gasteiger partial charge in [-0.05, 0) is 105 Å². The molecule has 0 unspecified atom stereocenters. The first-order chi connectivity index (χ1) is 28.3. The lowest BCUT2D eigenvalue weighted by molar-refractivity contribution is 0.768. The van der Waals surface area contributed by atoms with Crippen LogP contribution in [0.2, 0.25) is 0 Å². The van der Waals surface area contributed by atoms with Crippen molar-refractivity contribution in [1.82, 2.24) is 4.57 Å². The van der Waals surface area contributed by atoms with Crippen LogP contribution in [0.25, 0.3) is 49.7 Å². The first-order valence-corrected chi connectivity index (χ1v) is 19.7. The van der Waals surface area contributed by atoms with Crippen molar-refractivity contribution < 1.29 is 0 Å². The third-order valence-corrected chi connectivity index (χ3v) is 11.9. The lowest BCUT2D eigenvalue weighted by atomic mass is 9.68. The van der Waals surface area contributed by atoms with E-state index >= 15 is 0 Å². The van der Waals surface area contributed by atoms with Crippen LogP contribution in [0.4, 0.5) is 17.1 Å². The van der Waals surface area contributed by atoms with E-state index in [0.29, 0.717) is 0 Å². The molecule has 0 amide bonds. The smallest absolute Gasteiger partial charge is 0.0713 e. The molecule has 2 heteroatoms. The summed E-state index contributed by atoms with van der Waals surface area (Å²) in [4.78, 5) is 2.37. The second kappa shape index (κ2) is 13.4. The molecule has 0 saturated carbocycles. The van der Waals surface area contributed by atoms with Crippen LogP contribution in [0.5, 0.6) is 0 Å². The molecule has 11 rings (SSSR count). The van der Waals surface area contributed by atoms with E-state index in [1.165, 1.54) is 66.3 Å². The van der Waals surface area contributed by atoms with Crippen molar-refractivity contribution in [2.75, 3.05) is 4.90 Å². The number of fused-ring (bicyclic) bond motifs is 6. The molecule has 2 nitrogen and oxygen atoms in total. The Hall–Kier alpha value is -7.42. The fourth-order valence-electron chi connectivity index (χ4n) is 9.40. The van der Waals surface area contributed by atoms with Crippen molar-refractivity contribution >= 4 is 38.9 Å². The minimum Gasteiger partial charge on any atom is -0.311 e. The highest BCUT2D eigenvalue weighted by molar-refractivity contribution is 6.09. The van der Waals surface area contributed by atoms with Crippen molar-refractivity contribution in [1.29, 1.82) is 0 Å². The Kier molecular flexibility index (Phi) is 7.75. The third kappa shape index (κ3) is 5.18. The topological polar surface area (TPSA) is 8.17 Å². The number of aromatic nitrogens is 1. The molecular formula is C55H38N2. The molecule has 10 aromatic rings. The summed E-state index contributed by atoms with van der Waals surface area (Å²) in [5.74, 6) is 0. The molecule has 1 aliphatic carbocycles. The van der Waals surface area contributed by atoms with Crippen molar-refractivity contribution in [3.05, 3.63) is 253 Å². The van der Waals surface area contributed by atoms with Crippen molar-refractivity contribution in [3.63, 3.8) is 0 Å². The van der Waals surface area contributed by atoms with Crippen molar-refractivity contribution in [2.24, 2.45) is 0 Å². The van der Waals surface area contributed by atoms with Gasteiger partial charge in [0, 0.05) is 33.5 Å². The second-order valence-corrected chi connectivity index (χ2v) is 14.9. The molecule has 1 aromatic heterocycles. The summed E-state index contributed by atoms with van der Waals surface area (Å²) in [6.07, 6.45) is 0. The first kappa shape index (κ1) is 33.0. The predicted molar refractivity (Wildman–Crippen MR) is 238 cm³/mol. The average Bonchev–Trinajstić information content (AvgIpc) is 3.79. The highest BCUT2D eigenvalue weighted by atomic mass is 15.1. The molecule has 1 heterocycles. The van der Waals surface area contributed by atoms with Crippen LogP contribution in [0, 0.1) is 0 Å². The van der Waals surface area contributed by atoms with E-state index in [1.54, 1.807) is 0 Å². The number of nitrogens with zero attached hydrogens (tertiary/aromatic N) is 2. The maximum atomic E-state index is 2.38. The zero-order chi connectivity index (χ0) is 37.8. The number of anilines is 3. The summed E-state index contributed by atoms with van der Waals surface area (Å²) in [5, 5.41) is 2.52. The van der Waals surface area contributed by atoms with Gasteiger partial charge in [0.15, 0.2) is 0 Å². The van der Waals surface area contributed by atoms with Gasteiger partial charge in [-0.25, -0.2) is 0 Å². The lowest BCUT2D eigenvalue weighted by Gasteiger charge is -2.34. The molecule has 0 saturated heterocycles. The van der Waals surface area contributed by atoms with Gasteiger partial charge in [-0.2, -0.15) is 0 Å². The van der Waals surface area contributed by atoms with E-state index in [9.17, 15) is 0 Å². The molecule has 268 valence electrons. The minimum atomic E-state index is -0.445. The molecule has 0 atom stereocenters. The zero-order valence-electron chi connectivity index (χ0n) is 31.3. The number of rotatable bonds is 7. The molecule has 0 bridgehead atoms. The third-order valence-electron chi connectivity index (χ3n) is 11.9. The molecular weight excluding hydrogens is 689 g/mol. The SMILES string of the molecule is c1ccc(-c2ccc(N(c3ccc(-n4c5ccccc5c5ccccc54)cc3)c3ccc(C4(c5ccccc5)c5ccccc5-c5ccccc54)cc3)cc2)cc1. The van der Waals surface area contributed by atoms with Gasteiger partial charge < -0.3 is 9.47 Å². The second-order valence-electron chi connectivity index (χ2n) is 14.9. The lowest BCUT2D eigenvalue weighted by Crippen LogP contribution is -2.28. The van der Waals surface area contributed by atoms with Crippen LogP contribution in [-0.4, -0.2) is 4.57 Å². The molecule has 9 aromatic carbocycles. The summed E-state index contributed by atoms with van der Waals surface area (Å²) in [6, 6.07) is 84.1. The molecule has 0 spiro atoms. The van der Waals surface area contributed by atoms with Gasteiger partial charge in [0.25, 0.3) is 0 Å². The number of benzene rings is 9. The Bertz CT molecular complexity index is 2930. The van der Waals surface area contributed by atoms with Gasteiger partial charge in [-0.3, -0.25) is 0 Å². The predicted octanol–water partition coefficient (Wildman–Crippen LogP) is 14.3. The van der Waals surface area contributed by atoms with Crippen LogP contribution < -0.4 is 4.90 Å². The molecule has 0 N–H and O–H groups in total. The normalized spacial score (nSPS) is 12.7. The van der Waals surface area contributed by atoms with E-state index in [0.717, 1.165) is 22.7 Å². The Morgan fingerprint density at radius 3 is 1.28 bits per heavy atom.